The number of fused-ring (bicyclic) bond motifs is 1. The molecule has 4 atom stereocenters. The van der Waals surface area contributed by atoms with Gasteiger partial charge in [-0.25, -0.2) is 14.6 Å². The number of carbonyl (C=O) groups is 3. The first-order chi connectivity index (χ1) is 32.7. The number of nitrogens with one attached hydrogen (secondary N) is 3. The minimum absolute atomic E-state index is 0.124. The van der Waals surface area contributed by atoms with Crippen LogP contribution in [0, 0.1) is 5.92 Å². The molecule has 67 heavy (non-hydrogen) atoms. The van der Waals surface area contributed by atoms with E-state index in [2.05, 4.69) is 45.9 Å². The van der Waals surface area contributed by atoms with Crippen molar-refractivity contribution in [2.75, 3.05) is 67.4 Å². The monoisotopic (exact) mass is 915 g/mol. The third kappa shape index (κ3) is 10.7. The molecule has 0 spiro atoms. The van der Waals surface area contributed by atoms with Gasteiger partial charge in [0.2, 0.25) is 5.91 Å². The molecule has 16 nitrogen and oxygen atoms in total. The first kappa shape index (κ1) is 47.0. The zero-order valence-electron chi connectivity index (χ0n) is 38.9. The molecular weight excluding hydrogens is 855 g/mol. The maximum Gasteiger partial charge on any atom is 0.410 e. The van der Waals surface area contributed by atoms with Crippen molar-refractivity contribution in [1.29, 1.82) is 0 Å². The minimum Gasteiger partial charge on any atom is -0.487 e. The molecule has 0 bridgehead atoms. The Balaban J connectivity index is 1.03. The zero-order valence-corrected chi connectivity index (χ0v) is 38.9. The Morgan fingerprint density at radius 2 is 1.45 bits per heavy atom. The maximum atomic E-state index is 13.7. The molecule has 3 aliphatic heterocycles. The summed E-state index contributed by atoms with van der Waals surface area (Å²) in [7, 11) is 4.57. The fraction of sp³-hybridized carbons (Fsp3) is 0.431. The number of alkyl carbamates (subject to hydrolysis) is 1. The zero-order chi connectivity index (χ0) is 46.9. The normalized spacial score (nSPS) is 18.6. The average molecular weight is 916 g/mol. The van der Waals surface area contributed by atoms with Crippen LogP contribution in [0.5, 0.6) is 11.5 Å². The van der Waals surface area contributed by atoms with Gasteiger partial charge in [0.25, 0.3) is 0 Å². The number of aliphatic imine (C=N–C) groups is 1. The van der Waals surface area contributed by atoms with Gasteiger partial charge in [-0.15, -0.1) is 0 Å². The van der Waals surface area contributed by atoms with Crippen LogP contribution in [0.3, 0.4) is 0 Å². The van der Waals surface area contributed by atoms with Crippen LogP contribution in [0.4, 0.5) is 9.59 Å². The van der Waals surface area contributed by atoms with E-state index in [-0.39, 0.29) is 49.4 Å². The topological polar surface area (TPSA) is 178 Å². The van der Waals surface area contributed by atoms with Crippen molar-refractivity contribution < 1.29 is 42.8 Å². The number of aromatic amines is 1. The molecule has 2 saturated heterocycles. The van der Waals surface area contributed by atoms with Crippen LogP contribution in [0.15, 0.2) is 89.9 Å². The van der Waals surface area contributed by atoms with Crippen molar-refractivity contribution >= 4 is 34.8 Å². The highest BCUT2D eigenvalue weighted by Gasteiger charge is 2.39. The van der Waals surface area contributed by atoms with E-state index in [1.165, 1.54) is 7.11 Å². The Kier molecular flexibility index (Phi) is 15.3. The fourth-order valence-electron chi connectivity index (χ4n) is 9.16. The Morgan fingerprint density at radius 3 is 2.16 bits per heavy atom. The Hall–Kier alpha value is -6.49. The van der Waals surface area contributed by atoms with Crippen molar-refractivity contribution in [3.63, 3.8) is 0 Å². The molecule has 0 radical (unpaired) electrons. The van der Waals surface area contributed by atoms with E-state index in [9.17, 15) is 14.4 Å². The van der Waals surface area contributed by atoms with E-state index in [4.69, 9.17) is 38.4 Å². The molecule has 16 heteroatoms. The van der Waals surface area contributed by atoms with Crippen molar-refractivity contribution in [3.8, 4) is 33.8 Å². The van der Waals surface area contributed by atoms with Crippen LogP contribution in [-0.2, 0) is 30.3 Å². The standard InChI is InChI=1S/C51H61N7O9/c1-32(2)44(56-50(60)64-5)49(59)57-23-9-14-43(57)48-53-39-22-19-36(29-40(39)54-48)34-15-17-35(18-16-34)37-20-21-38(46(66-28-26-63-4)45(37)65-27-25-62-3)41-30-52-47(55-41)42-13-10-24-58(42)51(61)67-31-33-11-7-6-8-12-33/h6-8,11-12,15-22,29,32,42-44,47,52H,9-10,13-14,23-28,30-31H2,1-5H3,(H,53,54)(H,56,60). The van der Waals surface area contributed by atoms with Crippen LogP contribution in [-0.4, -0.2) is 129 Å². The number of imidazole rings is 1. The Morgan fingerprint density at radius 1 is 0.776 bits per heavy atom. The van der Waals surface area contributed by atoms with Gasteiger partial charge >= 0.3 is 12.2 Å². The van der Waals surface area contributed by atoms with Gasteiger partial charge in [-0.1, -0.05) is 74.5 Å². The molecule has 5 aromatic rings. The number of aromatic nitrogens is 2. The summed E-state index contributed by atoms with van der Waals surface area (Å²) in [5.74, 6) is 1.58. The third-order valence-electron chi connectivity index (χ3n) is 12.6. The fourth-order valence-corrected chi connectivity index (χ4v) is 9.16. The van der Waals surface area contributed by atoms with Gasteiger partial charge in [0.1, 0.15) is 37.9 Å². The lowest BCUT2D eigenvalue weighted by Gasteiger charge is -2.29. The molecule has 4 aromatic carbocycles. The molecule has 0 saturated carbocycles. The molecule has 3 aliphatic rings. The number of nitrogens with zero attached hydrogens (tertiary/aromatic N) is 4. The van der Waals surface area contributed by atoms with Crippen LogP contribution >= 0.6 is 0 Å². The summed E-state index contributed by atoms with van der Waals surface area (Å²) in [5, 5.41) is 6.27. The number of hydrogen-bond acceptors (Lipinski definition) is 12. The largest absolute Gasteiger partial charge is 0.487 e. The molecular formula is C51H61N7O9. The number of amides is 3. The van der Waals surface area contributed by atoms with Crippen molar-refractivity contribution in [2.24, 2.45) is 10.9 Å². The molecule has 3 amide bonds. The number of ether oxygens (including phenoxy) is 6. The highest BCUT2D eigenvalue weighted by molar-refractivity contribution is 6.07. The SMILES string of the molecule is COCCOc1c(C2=NC(C3CCCN3C(=O)OCc3ccccc3)NC2)ccc(-c2ccc(-c3ccc4nc(C5CCCN5C(=O)C(NC(=O)OC)C(C)C)[nH]c4c3)cc2)c1OCCOC. The van der Waals surface area contributed by atoms with E-state index < -0.39 is 12.1 Å². The lowest BCUT2D eigenvalue weighted by molar-refractivity contribution is -0.135. The number of carbonyl (C=O) groups excluding carboxylic acids is 3. The number of likely N-dealkylation sites (tertiary alicyclic amines) is 2. The van der Waals surface area contributed by atoms with Crippen LogP contribution in [0.25, 0.3) is 33.3 Å². The molecule has 8 rings (SSSR count). The van der Waals surface area contributed by atoms with E-state index in [1.54, 1.807) is 19.1 Å². The number of hydrogen-bond donors (Lipinski definition) is 3. The molecule has 0 aliphatic carbocycles. The van der Waals surface area contributed by atoms with Gasteiger partial charge < -0.3 is 48.5 Å². The predicted octanol–water partition coefficient (Wildman–Crippen LogP) is 7.51. The van der Waals surface area contributed by atoms with E-state index in [1.807, 2.05) is 73.3 Å². The highest BCUT2D eigenvalue weighted by Crippen LogP contribution is 2.43. The molecule has 4 heterocycles. The van der Waals surface area contributed by atoms with Gasteiger partial charge in [0.15, 0.2) is 11.5 Å². The van der Waals surface area contributed by atoms with Crippen molar-refractivity contribution in [1.82, 2.24) is 30.4 Å². The summed E-state index contributed by atoms with van der Waals surface area (Å²) in [6.45, 7) is 7.02. The molecule has 3 N–H and O–H groups in total. The lowest BCUT2D eigenvalue weighted by atomic mass is 9.97. The average Bonchev–Trinajstić information content (AvgIpc) is 4.20. The van der Waals surface area contributed by atoms with E-state index in [0.29, 0.717) is 51.0 Å². The molecule has 4 unspecified atom stereocenters. The Bertz CT molecular complexity index is 2530. The van der Waals surface area contributed by atoms with Crippen LogP contribution in [0.2, 0.25) is 0 Å². The summed E-state index contributed by atoms with van der Waals surface area (Å²) in [4.78, 5) is 56.4. The number of benzene rings is 4. The quantitative estimate of drug-likeness (QED) is 0.0742. The Labute approximate surface area is 391 Å². The second-order valence-electron chi connectivity index (χ2n) is 17.3. The number of rotatable bonds is 18. The molecule has 1 aromatic heterocycles. The van der Waals surface area contributed by atoms with E-state index >= 15 is 0 Å². The van der Waals surface area contributed by atoms with Gasteiger partial charge in [0.05, 0.1) is 49.2 Å². The predicted molar refractivity (Wildman–Crippen MR) is 254 cm³/mol. The van der Waals surface area contributed by atoms with Crippen molar-refractivity contribution in [2.45, 2.75) is 70.4 Å². The summed E-state index contributed by atoms with van der Waals surface area (Å²) in [6, 6.07) is 27.1. The number of H-pyrrole nitrogens is 1. The second kappa shape index (κ2) is 21.9. The smallest absolute Gasteiger partial charge is 0.410 e. The van der Waals surface area contributed by atoms with E-state index in [0.717, 1.165) is 81.6 Å². The summed E-state index contributed by atoms with van der Waals surface area (Å²) in [6.07, 6.45) is 1.99. The number of methoxy groups -OCH3 is 3. The van der Waals surface area contributed by atoms with Gasteiger partial charge in [0, 0.05) is 45.0 Å². The van der Waals surface area contributed by atoms with Gasteiger partial charge in [-0.3, -0.25) is 15.1 Å². The van der Waals surface area contributed by atoms with Crippen molar-refractivity contribution in [3.05, 3.63) is 102 Å². The summed E-state index contributed by atoms with van der Waals surface area (Å²) in [5.41, 5.74) is 7.98. The minimum atomic E-state index is -0.709. The molecule has 2 fully saturated rings. The first-order valence-electron chi connectivity index (χ1n) is 23.1. The van der Waals surface area contributed by atoms with Gasteiger partial charge in [-0.05, 0) is 78.1 Å². The summed E-state index contributed by atoms with van der Waals surface area (Å²) < 4.78 is 34.3. The lowest BCUT2D eigenvalue weighted by Crippen LogP contribution is -2.51. The maximum absolute atomic E-state index is 13.7. The third-order valence-corrected chi connectivity index (χ3v) is 12.6. The van der Waals surface area contributed by atoms with Crippen LogP contribution < -0.4 is 20.1 Å². The molecule has 354 valence electrons. The highest BCUT2D eigenvalue weighted by atomic mass is 16.6. The summed E-state index contributed by atoms with van der Waals surface area (Å²) >= 11 is 0. The second-order valence-corrected chi connectivity index (χ2v) is 17.3. The van der Waals surface area contributed by atoms with Gasteiger partial charge in [-0.2, -0.15) is 0 Å². The van der Waals surface area contributed by atoms with Crippen LogP contribution in [0.1, 0.15) is 62.5 Å². The first-order valence-corrected chi connectivity index (χ1v) is 23.1.